The summed E-state index contributed by atoms with van der Waals surface area (Å²) in [6.07, 6.45) is 0. The van der Waals surface area contributed by atoms with Crippen molar-refractivity contribution in [2.45, 2.75) is 6.54 Å². The second-order valence-corrected chi connectivity index (χ2v) is 4.67. The van der Waals surface area contributed by atoms with Gasteiger partial charge in [-0.3, -0.25) is 0 Å². The first-order valence-electron chi connectivity index (χ1n) is 4.99. The van der Waals surface area contributed by atoms with Gasteiger partial charge in [-0.15, -0.1) is 0 Å². The summed E-state index contributed by atoms with van der Waals surface area (Å²) in [5.74, 6) is 0. The summed E-state index contributed by atoms with van der Waals surface area (Å²) in [6.45, 7) is 0.775. The van der Waals surface area contributed by atoms with Crippen LogP contribution in [0.1, 0.15) is 5.56 Å². The number of anilines is 1. The molecule has 16 heavy (non-hydrogen) atoms. The highest BCUT2D eigenvalue weighted by molar-refractivity contribution is 9.10. The maximum atomic E-state index is 6.15. The zero-order chi connectivity index (χ0) is 11.4. The fourth-order valence-corrected chi connectivity index (χ4v) is 1.99. The molecule has 0 spiro atoms. The smallest absolute Gasteiger partial charge is 0.0779 e. The van der Waals surface area contributed by atoms with Gasteiger partial charge in [-0.2, -0.15) is 0 Å². The quantitative estimate of drug-likeness (QED) is 0.864. The molecule has 0 aliphatic heterocycles. The van der Waals surface area contributed by atoms with Crippen LogP contribution >= 0.6 is 27.5 Å². The van der Waals surface area contributed by atoms with Crippen LogP contribution in [0.2, 0.25) is 5.02 Å². The number of benzene rings is 2. The first-order chi connectivity index (χ1) is 7.77. The fourth-order valence-electron chi connectivity index (χ4n) is 1.43. The highest BCUT2D eigenvalue weighted by atomic mass is 79.9. The minimum absolute atomic E-state index is 0.721. The largest absolute Gasteiger partial charge is 0.380 e. The van der Waals surface area contributed by atoms with Crippen LogP contribution in [0.25, 0.3) is 0 Å². The van der Waals surface area contributed by atoms with Crippen molar-refractivity contribution in [1.29, 1.82) is 0 Å². The molecule has 0 saturated carbocycles. The lowest BCUT2D eigenvalue weighted by Crippen LogP contribution is -1.99. The summed E-state index contributed by atoms with van der Waals surface area (Å²) in [7, 11) is 0. The molecule has 0 aromatic heterocycles. The van der Waals surface area contributed by atoms with Crippen molar-refractivity contribution in [2.24, 2.45) is 0 Å². The first-order valence-corrected chi connectivity index (χ1v) is 6.16. The predicted octanol–water partition coefficient (Wildman–Crippen LogP) is 4.71. The Hall–Kier alpha value is -0.990. The van der Waals surface area contributed by atoms with Crippen LogP contribution in [0.3, 0.4) is 0 Å². The van der Waals surface area contributed by atoms with Gasteiger partial charge in [0.25, 0.3) is 0 Å². The predicted molar refractivity (Wildman–Crippen MR) is 72.9 cm³/mol. The van der Waals surface area contributed by atoms with Gasteiger partial charge in [0.2, 0.25) is 0 Å². The van der Waals surface area contributed by atoms with Gasteiger partial charge < -0.3 is 5.32 Å². The highest BCUT2D eigenvalue weighted by Gasteiger charge is 2.02. The summed E-state index contributed by atoms with van der Waals surface area (Å²) in [5.41, 5.74) is 2.18. The Morgan fingerprint density at radius 2 is 1.75 bits per heavy atom. The minimum atomic E-state index is 0.721. The van der Waals surface area contributed by atoms with E-state index >= 15 is 0 Å². The van der Waals surface area contributed by atoms with Crippen molar-refractivity contribution >= 4 is 33.2 Å². The van der Waals surface area contributed by atoms with Gasteiger partial charge in [-0.25, -0.2) is 0 Å². The Kier molecular flexibility index (Phi) is 3.86. The monoisotopic (exact) mass is 295 g/mol. The second-order valence-electron chi connectivity index (χ2n) is 3.44. The van der Waals surface area contributed by atoms with E-state index in [-0.39, 0.29) is 0 Å². The average molecular weight is 297 g/mol. The molecular weight excluding hydrogens is 286 g/mol. The van der Waals surface area contributed by atoms with Gasteiger partial charge in [0.05, 0.1) is 10.7 Å². The number of nitrogens with one attached hydrogen (secondary N) is 1. The van der Waals surface area contributed by atoms with Crippen LogP contribution in [-0.2, 0) is 6.54 Å². The van der Waals surface area contributed by atoms with Gasteiger partial charge in [0.15, 0.2) is 0 Å². The van der Waals surface area contributed by atoms with E-state index in [4.69, 9.17) is 11.6 Å². The molecule has 0 bridgehead atoms. The van der Waals surface area contributed by atoms with E-state index in [1.54, 1.807) is 0 Å². The Balaban J connectivity index is 2.08. The Morgan fingerprint density at radius 3 is 2.50 bits per heavy atom. The molecule has 2 aromatic carbocycles. The maximum Gasteiger partial charge on any atom is 0.0779 e. The van der Waals surface area contributed by atoms with Crippen LogP contribution in [0.4, 0.5) is 5.69 Å². The lowest BCUT2D eigenvalue weighted by molar-refractivity contribution is 1.15. The number of halogens is 2. The zero-order valence-electron chi connectivity index (χ0n) is 8.58. The van der Waals surface area contributed by atoms with Crippen LogP contribution in [0.5, 0.6) is 0 Å². The molecule has 0 saturated heterocycles. The first kappa shape index (κ1) is 11.5. The molecule has 1 nitrogen and oxygen atoms in total. The Bertz CT molecular complexity index is 471. The Morgan fingerprint density at radius 1 is 1.00 bits per heavy atom. The van der Waals surface area contributed by atoms with E-state index in [0.717, 1.165) is 21.7 Å². The van der Waals surface area contributed by atoms with Crippen molar-refractivity contribution in [3.05, 3.63) is 63.6 Å². The molecule has 2 rings (SSSR count). The Labute approximate surface area is 109 Å². The molecule has 0 aliphatic carbocycles. The highest BCUT2D eigenvalue weighted by Crippen LogP contribution is 2.30. The van der Waals surface area contributed by atoms with Crippen molar-refractivity contribution in [2.75, 3.05) is 5.32 Å². The summed E-state index contributed by atoms with van der Waals surface area (Å²) < 4.78 is 0.909. The average Bonchev–Trinajstić information content (AvgIpc) is 2.32. The number of rotatable bonds is 3. The van der Waals surface area contributed by atoms with Gasteiger partial charge in [0.1, 0.15) is 0 Å². The van der Waals surface area contributed by atoms with E-state index in [0.29, 0.717) is 0 Å². The van der Waals surface area contributed by atoms with Crippen LogP contribution < -0.4 is 5.32 Å². The van der Waals surface area contributed by atoms with Gasteiger partial charge in [0, 0.05) is 11.0 Å². The third-order valence-corrected chi connectivity index (χ3v) is 3.57. The van der Waals surface area contributed by atoms with Gasteiger partial charge >= 0.3 is 0 Å². The molecule has 0 heterocycles. The normalized spacial score (nSPS) is 10.1. The van der Waals surface area contributed by atoms with Crippen LogP contribution in [0, 0.1) is 0 Å². The van der Waals surface area contributed by atoms with E-state index in [1.165, 1.54) is 5.56 Å². The third-order valence-electron chi connectivity index (χ3n) is 2.28. The molecule has 0 radical (unpaired) electrons. The third kappa shape index (κ3) is 2.77. The molecule has 0 atom stereocenters. The summed E-state index contributed by atoms with van der Waals surface area (Å²) in [5, 5.41) is 4.03. The van der Waals surface area contributed by atoms with Crippen LogP contribution in [0.15, 0.2) is 53.0 Å². The van der Waals surface area contributed by atoms with E-state index in [1.807, 2.05) is 36.4 Å². The second kappa shape index (κ2) is 5.37. The van der Waals surface area contributed by atoms with Crippen molar-refractivity contribution in [3.63, 3.8) is 0 Å². The van der Waals surface area contributed by atoms with E-state index < -0.39 is 0 Å². The van der Waals surface area contributed by atoms with E-state index in [2.05, 4.69) is 33.4 Å². The molecule has 2 aromatic rings. The maximum absolute atomic E-state index is 6.15. The van der Waals surface area contributed by atoms with Crippen molar-refractivity contribution in [3.8, 4) is 0 Å². The summed E-state index contributed by atoms with van der Waals surface area (Å²) in [4.78, 5) is 0. The number of hydrogen-bond acceptors (Lipinski definition) is 1. The van der Waals surface area contributed by atoms with E-state index in [9.17, 15) is 0 Å². The summed E-state index contributed by atoms with van der Waals surface area (Å²) in [6, 6.07) is 16.1. The molecule has 0 aliphatic rings. The topological polar surface area (TPSA) is 12.0 Å². The molecule has 1 N–H and O–H groups in total. The SMILES string of the molecule is Clc1c(Br)cccc1NCc1ccccc1. The van der Waals surface area contributed by atoms with Gasteiger partial charge in [-0.05, 0) is 33.6 Å². The minimum Gasteiger partial charge on any atom is -0.380 e. The lowest BCUT2D eigenvalue weighted by Gasteiger charge is -2.09. The fraction of sp³-hybridized carbons (Fsp3) is 0.0769. The van der Waals surface area contributed by atoms with Gasteiger partial charge in [-0.1, -0.05) is 48.0 Å². The molecule has 82 valence electrons. The molecule has 0 fully saturated rings. The number of hydrogen-bond donors (Lipinski definition) is 1. The van der Waals surface area contributed by atoms with Crippen LogP contribution in [-0.4, -0.2) is 0 Å². The molecular formula is C13H11BrClN. The summed E-state index contributed by atoms with van der Waals surface area (Å²) >= 11 is 9.55. The van der Waals surface area contributed by atoms with Crippen molar-refractivity contribution < 1.29 is 0 Å². The van der Waals surface area contributed by atoms with Crippen molar-refractivity contribution in [1.82, 2.24) is 0 Å². The molecule has 3 heteroatoms. The standard InChI is InChI=1S/C13H11BrClN/c14-11-7-4-8-12(13(11)15)16-9-10-5-2-1-3-6-10/h1-8,16H,9H2. The molecule has 0 unspecified atom stereocenters. The lowest BCUT2D eigenvalue weighted by atomic mass is 10.2. The zero-order valence-corrected chi connectivity index (χ0v) is 10.9. The molecule has 0 amide bonds.